The summed E-state index contributed by atoms with van der Waals surface area (Å²) in [7, 11) is -3.25. The van der Waals surface area contributed by atoms with Crippen LogP contribution in [-0.2, 0) is 9.59 Å². The highest BCUT2D eigenvalue weighted by atomic mass is 31.1. The molecule has 4 rings (SSSR count). The van der Waals surface area contributed by atoms with Gasteiger partial charge in [0.15, 0.2) is 0 Å². The van der Waals surface area contributed by atoms with Crippen LogP contribution in [0.15, 0.2) is 132 Å². The highest BCUT2D eigenvalue weighted by Crippen LogP contribution is 2.53. The van der Waals surface area contributed by atoms with E-state index in [0.717, 1.165) is 21.2 Å². The number of benzene rings is 4. The molecule has 2 N–H and O–H groups in total. The van der Waals surface area contributed by atoms with E-state index in [1.807, 2.05) is 121 Å². The maximum absolute atomic E-state index is 12.9. The van der Waals surface area contributed by atoms with Gasteiger partial charge in [0.05, 0.1) is 10.6 Å². The maximum Gasteiger partial charge on any atom is 0.337 e. The van der Waals surface area contributed by atoms with Gasteiger partial charge in [-0.05, 0) is 37.1 Å². The van der Waals surface area contributed by atoms with Gasteiger partial charge in [0, 0.05) is 0 Å². The smallest absolute Gasteiger partial charge is 0.337 e. The molecule has 4 aromatic carbocycles. The van der Waals surface area contributed by atoms with Crippen molar-refractivity contribution in [1.82, 2.24) is 0 Å². The number of rotatable bonds is 8. The third kappa shape index (κ3) is 5.15. The Morgan fingerprint density at radius 2 is 0.618 bits per heavy atom. The van der Waals surface area contributed by atoms with E-state index < -0.39 is 27.8 Å². The molecule has 34 heavy (non-hydrogen) atoms. The first-order valence-corrected chi connectivity index (χ1v) is 13.3. The Balaban J connectivity index is 2.08. The molecular weight excluding hydrogens is 462 g/mol. The van der Waals surface area contributed by atoms with Crippen LogP contribution in [0.1, 0.15) is 0 Å². The molecule has 0 aromatic heterocycles. The van der Waals surface area contributed by atoms with Crippen molar-refractivity contribution in [3.63, 3.8) is 0 Å². The Morgan fingerprint density at radius 3 is 0.794 bits per heavy atom. The molecule has 0 amide bonds. The van der Waals surface area contributed by atoms with E-state index in [1.54, 1.807) is 0 Å². The molecule has 0 bridgehead atoms. The SMILES string of the molecule is O=C(O)/C(=C(\C(=O)O)P(c1ccccc1)c1ccccc1)P(c1ccccc1)c1ccccc1. The zero-order chi connectivity index (χ0) is 23.9. The fourth-order valence-electron chi connectivity index (χ4n) is 3.73. The lowest BCUT2D eigenvalue weighted by molar-refractivity contribution is -0.134. The molecule has 0 fully saturated rings. The van der Waals surface area contributed by atoms with Gasteiger partial charge in [0.2, 0.25) is 0 Å². The normalized spacial score (nSPS) is 11.8. The zero-order valence-corrected chi connectivity index (χ0v) is 19.9. The molecule has 6 heteroatoms. The summed E-state index contributed by atoms with van der Waals surface area (Å²) >= 11 is 0. The predicted octanol–water partition coefficient (Wildman–Crippen LogP) is 4.63. The minimum Gasteiger partial charge on any atom is -0.478 e. The van der Waals surface area contributed by atoms with E-state index in [9.17, 15) is 19.8 Å². The molecule has 0 spiro atoms. The lowest BCUT2D eigenvalue weighted by atomic mass is 10.4. The first kappa shape index (κ1) is 23.6. The summed E-state index contributed by atoms with van der Waals surface area (Å²) in [5.74, 6) is -2.42. The Hall–Kier alpha value is -3.58. The van der Waals surface area contributed by atoms with E-state index in [-0.39, 0.29) is 10.6 Å². The number of carboxylic acids is 2. The van der Waals surface area contributed by atoms with Gasteiger partial charge in [-0.2, -0.15) is 0 Å². The van der Waals surface area contributed by atoms with Crippen molar-refractivity contribution >= 4 is 49.0 Å². The Morgan fingerprint density at radius 1 is 0.412 bits per heavy atom. The van der Waals surface area contributed by atoms with Crippen molar-refractivity contribution in [2.24, 2.45) is 0 Å². The molecule has 0 aliphatic rings. The van der Waals surface area contributed by atoms with Gasteiger partial charge in [-0.3, -0.25) is 0 Å². The van der Waals surface area contributed by atoms with Gasteiger partial charge < -0.3 is 10.2 Å². The minimum atomic E-state index is -1.62. The minimum absolute atomic E-state index is 0.0567. The molecule has 0 saturated heterocycles. The lowest BCUT2D eigenvalue weighted by Gasteiger charge is -2.26. The van der Waals surface area contributed by atoms with Crippen LogP contribution in [0, 0.1) is 0 Å². The van der Waals surface area contributed by atoms with Crippen molar-refractivity contribution in [3.8, 4) is 0 Å². The fraction of sp³-hybridized carbons (Fsp3) is 0. The third-order valence-electron chi connectivity index (χ3n) is 5.13. The maximum atomic E-state index is 12.9. The summed E-state index contributed by atoms with van der Waals surface area (Å²) < 4.78 is 0. The second kappa shape index (κ2) is 11.0. The first-order valence-electron chi connectivity index (χ1n) is 10.6. The number of hydrogen-bond donors (Lipinski definition) is 2. The molecule has 0 unspecified atom stereocenters. The quantitative estimate of drug-likeness (QED) is 0.283. The number of hydrogen-bond acceptors (Lipinski definition) is 2. The van der Waals surface area contributed by atoms with E-state index in [2.05, 4.69) is 0 Å². The van der Waals surface area contributed by atoms with Crippen molar-refractivity contribution in [2.75, 3.05) is 0 Å². The van der Waals surface area contributed by atoms with Gasteiger partial charge in [0.25, 0.3) is 0 Å². The highest BCUT2D eigenvalue weighted by Gasteiger charge is 2.35. The van der Waals surface area contributed by atoms with Crippen LogP contribution in [0.25, 0.3) is 0 Å². The van der Waals surface area contributed by atoms with Crippen LogP contribution in [0.5, 0.6) is 0 Å². The van der Waals surface area contributed by atoms with Crippen LogP contribution >= 0.6 is 15.8 Å². The summed E-state index contributed by atoms with van der Waals surface area (Å²) in [6.45, 7) is 0. The standard InChI is InChI=1S/C28H22O4P2/c29-27(30)25(33(21-13-5-1-6-14-21)22-15-7-2-8-16-22)26(28(31)32)34(23-17-9-3-10-18-23)24-19-11-4-12-20-24/h1-20H,(H,29,30)(H,31,32)/b26-25-. The Bertz CT molecular complexity index is 1110. The number of carbonyl (C=O) groups is 2. The van der Waals surface area contributed by atoms with Gasteiger partial charge in [-0.1, -0.05) is 121 Å². The molecule has 4 aromatic rings. The van der Waals surface area contributed by atoms with Crippen LogP contribution in [-0.4, -0.2) is 22.2 Å². The molecule has 168 valence electrons. The molecule has 0 saturated carbocycles. The summed E-state index contributed by atoms with van der Waals surface area (Å²) in [6, 6.07) is 37.2. The van der Waals surface area contributed by atoms with E-state index >= 15 is 0 Å². The Kier molecular flexibility index (Phi) is 7.65. The van der Waals surface area contributed by atoms with Crippen LogP contribution in [0.2, 0.25) is 0 Å². The number of carboxylic acid groups (broad SMARTS) is 2. The largest absolute Gasteiger partial charge is 0.478 e. The Labute approximate surface area is 200 Å². The molecular formula is C28H22O4P2. The van der Waals surface area contributed by atoms with Crippen molar-refractivity contribution in [2.45, 2.75) is 0 Å². The van der Waals surface area contributed by atoms with E-state index in [0.29, 0.717) is 0 Å². The van der Waals surface area contributed by atoms with Crippen LogP contribution in [0.4, 0.5) is 0 Å². The van der Waals surface area contributed by atoms with Crippen molar-refractivity contribution in [1.29, 1.82) is 0 Å². The number of aliphatic carboxylic acids is 2. The van der Waals surface area contributed by atoms with Gasteiger partial charge in [-0.15, -0.1) is 0 Å². The highest BCUT2D eigenvalue weighted by molar-refractivity contribution is 7.82. The second-order valence-electron chi connectivity index (χ2n) is 7.32. The summed E-state index contributed by atoms with van der Waals surface area (Å²) in [5.41, 5.74) is 0. The summed E-state index contributed by atoms with van der Waals surface area (Å²) in [4.78, 5) is 25.8. The van der Waals surface area contributed by atoms with Gasteiger partial charge >= 0.3 is 11.9 Å². The van der Waals surface area contributed by atoms with Crippen molar-refractivity contribution in [3.05, 3.63) is 132 Å². The first-order chi connectivity index (χ1) is 16.6. The topological polar surface area (TPSA) is 74.6 Å². The summed E-state index contributed by atoms with van der Waals surface area (Å²) in [5, 5.41) is 24.1. The van der Waals surface area contributed by atoms with Crippen LogP contribution < -0.4 is 21.2 Å². The third-order valence-corrected chi connectivity index (χ3v) is 10.3. The predicted molar refractivity (Wildman–Crippen MR) is 140 cm³/mol. The lowest BCUT2D eigenvalue weighted by Crippen LogP contribution is -2.24. The van der Waals surface area contributed by atoms with Crippen molar-refractivity contribution < 1.29 is 19.8 Å². The molecule has 0 heterocycles. The van der Waals surface area contributed by atoms with E-state index in [1.165, 1.54) is 0 Å². The average molecular weight is 484 g/mol. The fourth-order valence-corrected chi connectivity index (χ4v) is 8.84. The monoisotopic (exact) mass is 484 g/mol. The van der Waals surface area contributed by atoms with Gasteiger partial charge in [0.1, 0.15) is 0 Å². The van der Waals surface area contributed by atoms with Gasteiger partial charge in [-0.25, -0.2) is 9.59 Å². The molecule has 4 nitrogen and oxygen atoms in total. The summed E-state index contributed by atoms with van der Waals surface area (Å²) in [6.07, 6.45) is 0. The molecule has 0 aliphatic heterocycles. The van der Waals surface area contributed by atoms with E-state index in [4.69, 9.17) is 0 Å². The second-order valence-corrected chi connectivity index (χ2v) is 11.6. The zero-order valence-electron chi connectivity index (χ0n) is 18.2. The van der Waals surface area contributed by atoms with Crippen LogP contribution in [0.3, 0.4) is 0 Å². The molecule has 0 radical (unpaired) electrons. The molecule has 0 aliphatic carbocycles. The average Bonchev–Trinajstić information content (AvgIpc) is 2.88. The molecule has 0 atom stereocenters.